The van der Waals surface area contributed by atoms with Gasteiger partial charge in [-0.2, -0.15) is 4.98 Å². The van der Waals surface area contributed by atoms with Gasteiger partial charge < -0.3 is 14.3 Å². The van der Waals surface area contributed by atoms with E-state index in [2.05, 4.69) is 51.2 Å². The van der Waals surface area contributed by atoms with Crippen LogP contribution in [-0.2, 0) is 12.8 Å². The molecule has 140 valence electrons. The van der Waals surface area contributed by atoms with Crippen LogP contribution < -0.4 is 4.90 Å². The van der Waals surface area contributed by atoms with Crippen LogP contribution in [0.15, 0.2) is 53.2 Å². The van der Waals surface area contributed by atoms with E-state index in [1.54, 1.807) is 0 Å². The lowest BCUT2D eigenvalue weighted by molar-refractivity contribution is 0.409. The highest BCUT2D eigenvalue weighted by molar-refractivity contribution is 5.54. The number of pyridine rings is 1. The number of likely N-dealkylation sites (tertiary alicyclic amines) is 1. The number of nitrogens with zero attached hydrogens (tertiary/aromatic N) is 5. The molecule has 1 atom stereocenters. The molecule has 3 aromatic rings. The lowest BCUT2D eigenvalue weighted by Gasteiger charge is -2.25. The highest BCUT2D eigenvalue weighted by Crippen LogP contribution is 2.22. The average Bonchev–Trinajstić information content (AvgIpc) is 3.36. The molecule has 0 radical (unpaired) electrons. The summed E-state index contributed by atoms with van der Waals surface area (Å²) < 4.78 is 5.43. The number of hydrogen-bond donors (Lipinski definition) is 0. The molecule has 0 aliphatic carbocycles. The highest BCUT2D eigenvalue weighted by atomic mass is 16.5. The number of rotatable bonds is 6. The van der Waals surface area contributed by atoms with Gasteiger partial charge in [0.1, 0.15) is 5.82 Å². The minimum atomic E-state index is 0.515. The number of aromatic nitrogens is 3. The number of anilines is 1. The molecule has 1 unspecified atom stereocenters. The van der Waals surface area contributed by atoms with Gasteiger partial charge in [0.2, 0.25) is 0 Å². The van der Waals surface area contributed by atoms with Crippen molar-refractivity contribution in [2.24, 2.45) is 0 Å². The molecule has 0 spiro atoms. The number of aryl methyl sites for hydroxylation is 2. The minimum absolute atomic E-state index is 0.515. The van der Waals surface area contributed by atoms with Gasteiger partial charge >= 0.3 is 0 Å². The van der Waals surface area contributed by atoms with Crippen molar-refractivity contribution < 1.29 is 4.52 Å². The molecule has 1 aromatic carbocycles. The fourth-order valence-electron chi connectivity index (χ4n) is 3.51. The first kappa shape index (κ1) is 17.7. The fraction of sp³-hybridized carbons (Fsp3) is 0.381. The van der Waals surface area contributed by atoms with E-state index in [-0.39, 0.29) is 0 Å². The second-order valence-corrected chi connectivity index (χ2v) is 7.22. The second-order valence-electron chi connectivity index (χ2n) is 7.22. The van der Waals surface area contributed by atoms with Gasteiger partial charge in [-0.15, -0.1) is 0 Å². The Kier molecular flexibility index (Phi) is 5.16. The monoisotopic (exact) mass is 363 g/mol. The summed E-state index contributed by atoms with van der Waals surface area (Å²) in [7, 11) is 4.27. The molecule has 0 N–H and O–H groups in total. The van der Waals surface area contributed by atoms with Crippen molar-refractivity contribution in [1.29, 1.82) is 0 Å². The summed E-state index contributed by atoms with van der Waals surface area (Å²) in [4.78, 5) is 13.7. The molecule has 3 heterocycles. The first-order valence-corrected chi connectivity index (χ1v) is 9.43. The normalized spacial score (nSPS) is 17.3. The zero-order valence-corrected chi connectivity index (χ0v) is 15.9. The van der Waals surface area contributed by atoms with Crippen molar-refractivity contribution in [2.45, 2.75) is 25.3 Å². The number of benzene rings is 1. The van der Waals surface area contributed by atoms with Crippen LogP contribution in [0.3, 0.4) is 0 Å². The third-order valence-electron chi connectivity index (χ3n) is 5.22. The zero-order chi connectivity index (χ0) is 18.6. The maximum atomic E-state index is 5.43. The first-order chi connectivity index (χ1) is 13.2. The van der Waals surface area contributed by atoms with E-state index in [9.17, 15) is 0 Å². The Morgan fingerprint density at radius 1 is 1.15 bits per heavy atom. The Morgan fingerprint density at radius 3 is 2.70 bits per heavy atom. The van der Waals surface area contributed by atoms with Crippen LogP contribution in [0.4, 0.5) is 5.82 Å². The Morgan fingerprint density at radius 2 is 2.00 bits per heavy atom. The van der Waals surface area contributed by atoms with E-state index in [4.69, 9.17) is 4.52 Å². The summed E-state index contributed by atoms with van der Waals surface area (Å²) in [5, 5.41) is 4.11. The van der Waals surface area contributed by atoms with Crippen molar-refractivity contribution in [3.05, 3.63) is 60.0 Å². The summed E-state index contributed by atoms with van der Waals surface area (Å²) in [6.45, 7) is 2.22. The predicted octanol–water partition coefficient (Wildman–Crippen LogP) is 3.06. The predicted molar refractivity (Wildman–Crippen MR) is 106 cm³/mol. The van der Waals surface area contributed by atoms with Gasteiger partial charge in [-0.05, 0) is 44.1 Å². The molecule has 2 aromatic heterocycles. The molecule has 6 heteroatoms. The van der Waals surface area contributed by atoms with E-state index in [0.29, 0.717) is 11.9 Å². The molecular weight excluding hydrogens is 338 g/mol. The van der Waals surface area contributed by atoms with Crippen LogP contribution in [0.25, 0.3) is 11.5 Å². The number of hydrogen-bond acceptors (Lipinski definition) is 6. The van der Waals surface area contributed by atoms with Gasteiger partial charge in [-0.25, -0.2) is 4.98 Å². The Labute approximate surface area is 159 Å². The topological polar surface area (TPSA) is 58.3 Å². The summed E-state index contributed by atoms with van der Waals surface area (Å²) >= 11 is 0. The Balaban J connectivity index is 1.39. The van der Waals surface area contributed by atoms with Crippen LogP contribution in [0.2, 0.25) is 0 Å². The lowest BCUT2D eigenvalue weighted by Crippen LogP contribution is -2.34. The third-order valence-corrected chi connectivity index (χ3v) is 5.22. The standard InChI is InChI=1S/C21H25N5O/c1-25-13-12-18(15-25)26(2)20-11-9-17(14-22-20)21-23-19(24-27-21)10-8-16-6-4-3-5-7-16/h3-7,9,11,14,18H,8,10,12-13,15H2,1-2H3. The maximum absolute atomic E-state index is 5.43. The van der Waals surface area contributed by atoms with Gasteiger partial charge in [0.25, 0.3) is 5.89 Å². The van der Waals surface area contributed by atoms with E-state index >= 15 is 0 Å². The third kappa shape index (κ3) is 4.17. The first-order valence-electron chi connectivity index (χ1n) is 9.43. The van der Waals surface area contributed by atoms with Crippen LogP contribution in [0, 0.1) is 0 Å². The second kappa shape index (κ2) is 7.88. The summed E-state index contributed by atoms with van der Waals surface area (Å²) in [6, 6.07) is 14.9. The number of likely N-dealkylation sites (N-methyl/N-ethyl adjacent to an activating group) is 2. The smallest absolute Gasteiger partial charge is 0.259 e. The van der Waals surface area contributed by atoms with Crippen molar-refractivity contribution in [1.82, 2.24) is 20.0 Å². The molecule has 1 fully saturated rings. The van der Waals surface area contributed by atoms with E-state index < -0.39 is 0 Å². The lowest BCUT2D eigenvalue weighted by atomic mass is 10.1. The summed E-state index contributed by atoms with van der Waals surface area (Å²) in [6.07, 6.45) is 4.65. The van der Waals surface area contributed by atoms with Crippen LogP contribution in [0.1, 0.15) is 17.8 Å². The minimum Gasteiger partial charge on any atom is -0.355 e. The van der Waals surface area contributed by atoms with Gasteiger partial charge in [0.05, 0.1) is 5.56 Å². The summed E-state index contributed by atoms with van der Waals surface area (Å²) in [5.41, 5.74) is 2.13. The Hall–Kier alpha value is -2.73. The molecule has 4 rings (SSSR count). The van der Waals surface area contributed by atoms with Crippen LogP contribution in [-0.4, -0.2) is 53.3 Å². The molecule has 27 heavy (non-hydrogen) atoms. The van der Waals surface area contributed by atoms with Gasteiger partial charge in [0.15, 0.2) is 5.82 Å². The molecule has 1 saturated heterocycles. The average molecular weight is 363 g/mol. The quantitative estimate of drug-likeness (QED) is 0.671. The molecule has 1 aliphatic rings. The van der Waals surface area contributed by atoms with Crippen LogP contribution >= 0.6 is 0 Å². The zero-order valence-electron chi connectivity index (χ0n) is 15.9. The molecular formula is C21H25N5O. The van der Waals surface area contributed by atoms with Gasteiger partial charge in [-0.1, -0.05) is 35.5 Å². The summed E-state index contributed by atoms with van der Waals surface area (Å²) in [5.74, 6) is 2.23. The van der Waals surface area contributed by atoms with Crippen molar-refractivity contribution in [3.63, 3.8) is 0 Å². The molecule has 0 bridgehead atoms. The molecule has 0 amide bonds. The van der Waals surface area contributed by atoms with Crippen molar-refractivity contribution in [3.8, 4) is 11.5 Å². The van der Waals surface area contributed by atoms with Gasteiger partial charge in [-0.3, -0.25) is 0 Å². The van der Waals surface area contributed by atoms with Crippen molar-refractivity contribution in [2.75, 3.05) is 32.1 Å². The molecule has 0 saturated carbocycles. The Bertz CT molecular complexity index is 862. The molecule has 6 nitrogen and oxygen atoms in total. The maximum Gasteiger partial charge on any atom is 0.259 e. The molecule has 1 aliphatic heterocycles. The van der Waals surface area contributed by atoms with Gasteiger partial charge in [0, 0.05) is 32.3 Å². The fourth-order valence-corrected chi connectivity index (χ4v) is 3.51. The van der Waals surface area contributed by atoms with Crippen molar-refractivity contribution >= 4 is 5.82 Å². The highest BCUT2D eigenvalue weighted by Gasteiger charge is 2.24. The van der Waals surface area contributed by atoms with E-state index in [0.717, 1.165) is 43.1 Å². The van der Waals surface area contributed by atoms with E-state index in [1.165, 1.54) is 12.0 Å². The largest absolute Gasteiger partial charge is 0.355 e. The SMILES string of the molecule is CN1CCC(N(C)c2ccc(-c3nc(CCc4ccccc4)no3)cn2)C1. The van der Waals surface area contributed by atoms with Crippen LogP contribution in [0.5, 0.6) is 0 Å². The van der Waals surface area contributed by atoms with E-state index in [1.807, 2.05) is 36.5 Å².